The summed E-state index contributed by atoms with van der Waals surface area (Å²) in [5.41, 5.74) is 6.63. The SMILES string of the molecule is CC(C)CNC(=O)C(C)Nc1c(Cl)cc(N)cc1Cl. The van der Waals surface area contributed by atoms with Gasteiger partial charge in [0.05, 0.1) is 15.7 Å². The molecule has 4 N–H and O–H groups in total. The van der Waals surface area contributed by atoms with Crippen molar-refractivity contribution in [2.24, 2.45) is 5.92 Å². The van der Waals surface area contributed by atoms with Crippen LogP contribution in [0.3, 0.4) is 0 Å². The molecule has 6 heteroatoms. The first-order valence-electron chi connectivity index (χ1n) is 6.10. The van der Waals surface area contributed by atoms with Crippen LogP contribution in [0.5, 0.6) is 0 Å². The highest BCUT2D eigenvalue weighted by Crippen LogP contribution is 2.33. The van der Waals surface area contributed by atoms with Crippen LogP contribution in [0, 0.1) is 5.92 Å². The zero-order valence-corrected chi connectivity index (χ0v) is 12.8. The molecule has 0 radical (unpaired) electrons. The van der Waals surface area contributed by atoms with E-state index >= 15 is 0 Å². The Morgan fingerprint density at radius 1 is 1.26 bits per heavy atom. The van der Waals surface area contributed by atoms with Crippen LogP contribution in [-0.2, 0) is 4.79 Å². The Hall–Kier alpha value is -1.13. The summed E-state index contributed by atoms with van der Waals surface area (Å²) in [5, 5.41) is 6.63. The van der Waals surface area contributed by atoms with E-state index in [4.69, 9.17) is 28.9 Å². The molecule has 1 amide bonds. The number of rotatable bonds is 5. The second-order valence-electron chi connectivity index (χ2n) is 4.86. The summed E-state index contributed by atoms with van der Waals surface area (Å²) >= 11 is 12.1. The minimum absolute atomic E-state index is 0.0994. The molecule has 1 aromatic carbocycles. The highest BCUT2D eigenvalue weighted by molar-refractivity contribution is 6.39. The first kappa shape index (κ1) is 15.9. The third-order valence-electron chi connectivity index (χ3n) is 2.50. The van der Waals surface area contributed by atoms with Crippen LogP contribution >= 0.6 is 23.2 Å². The van der Waals surface area contributed by atoms with Gasteiger partial charge in [0.15, 0.2) is 0 Å². The van der Waals surface area contributed by atoms with Gasteiger partial charge in [0.25, 0.3) is 0 Å². The maximum atomic E-state index is 11.9. The molecule has 0 fully saturated rings. The number of carbonyl (C=O) groups is 1. The molecule has 0 aliphatic carbocycles. The van der Waals surface area contributed by atoms with Gasteiger partial charge in [-0.25, -0.2) is 0 Å². The van der Waals surface area contributed by atoms with Crippen molar-refractivity contribution >= 4 is 40.5 Å². The second kappa shape index (κ2) is 6.87. The van der Waals surface area contributed by atoms with Crippen molar-refractivity contribution in [1.82, 2.24) is 5.32 Å². The lowest BCUT2D eigenvalue weighted by molar-refractivity contribution is -0.121. The Balaban J connectivity index is 2.71. The van der Waals surface area contributed by atoms with E-state index in [0.29, 0.717) is 33.9 Å². The average molecular weight is 304 g/mol. The predicted octanol–water partition coefficient (Wildman–Crippen LogP) is 3.15. The molecule has 19 heavy (non-hydrogen) atoms. The third kappa shape index (κ3) is 4.80. The van der Waals surface area contributed by atoms with Crippen LogP contribution in [0.4, 0.5) is 11.4 Å². The summed E-state index contributed by atoms with van der Waals surface area (Å²) in [6.07, 6.45) is 0. The van der Waals surface area contributed by atoms with Gasteiger partial charge in [-0.05, 0) is 25.0 Å². The van der Waals surface area contributed by atoms with E-state index in [-0.39, 0.29) is 5.91 Å². The summed E-state index contributed by atoms with van der Waals surface area (Å²) in [4.78, 5) is 11.9. The van der Waals surface area contributed by atoms with E-state index in [1.165, 1.54) is 0 Å². The minimum Gasteiger partial charge on any atom is -0.399 e. The summed E-state index contributed by atoms with van der Waals surface area (Å²) in [5.74, 6) is 0.303. The molecule has 0 saturated heterocycles. The number of hydrogen-bond donors (Lipinski definition) is 3. The molecule has 0 saturated carbocycles. The number of halogens is 2. The van der Waals surface area contributed by atoms with Gasteiger partial charge in [-0.1, -0.05) is 37.0 Å². The van der Waals surface area contributed by atoms with Crippen LogP contribution < -0.4 is 16.4 Å². The second-order valence-corrected chi connectivity index (χ2v) is 5.68. The highest BCUT2D eigenvalue weighted by Gasteiger charge is 2.16. The Kier molecular flexibility index (Phi) is 5.76. The fourth-order valence-corrected chi connectivity index (χ4v) is 2.08. The fraction of sp³-hybridized carbons (Fsp3) is 0.462. The number of anilines is 2. The molecule has 0 aromatic heterocycles. The number of nitrogens with two attached hydrogens (primary N) is 1. The number of carbonyl (C=O) groups excluding carboxylic acids is 1. The number of nitrogen functional groups attached to an aromatic ring is 1. The summed E-state index contributed by atoms with van der Waals surface area (Å²) in [6, 6.07) is 2.75. The van der Waals surface area contributed by atoms with Crippen molar-refractivity contribution in [3.8, 4) is 0 Å². The van der Waals surface area contributed by atoms with Crippen molar-refractivity contribution in [1.29, 1.82) is 0 Å². The zero-order valence-electron chi connectivity index (χ0n) is 11.3. The van der Waals surface area contributed by atoms with Crippen molar-refractivity contribution in [2.75, 3.05) is 17.6 Å². The predicted molar refractivity (Wildman–Crippen MR) is 81.8 cm³/mol. The van der Waals surface area contributed by atoms with E-state index in [1.807, 2.05) is 13.8 Å². The molecule has 0 aliphatic rings. The highest BCUT2D eigenvalue weighted by atomic mass is 35.5. The summed E-state index contributed by atoms with van der Waals surface area (Å²) in [7, 11) is 0. The quantitative estimate of drug-likeness (QED) is 0.732. The van der Waals surface area contributed by atoms with Crippen molar-refractivity contribution in [3.05, 3.63) is 22.2 Å². The maximum absolute atomic E-state index is 11.9. The van der Waals surface area contributed by atoms with Gasteiger partial charge in [-0.2, -0.15) is 0 Å². The van der Waals surface area contributed by atoms with E-state index in [0.717, 1.165) is 0 Å². The molecule has 1 aromatic rings. The average Bonchev–Trinajstić information content (AvgIpc) is 2.30. The van der Waals surface area contributed by atoms with Crippen molar-refractivity contribution in [2.45, 2.75) is 26.8 Å². The molecule has 1 unspecified atom stereocenters. The van der Waals surface area contributed by atoms with Crippen LogP contribution in [-0.4, -0.2) is 18.5 Å². The van der Waals surface area contributed by atoms with Gasteiger partial charge in [0.2, 0.25) is 5.91 Å². The molecule has 0 bridgehead atoms. The van der Waals surface area contributed by atoms with Gasteiger partial charge in [-0.15, -0.1) is 0 Å². The normalized spacial score (nSPS) is 12.3. The van der Waals surface area contributed by atoms with Gasteiger partial charge < -0.3 is 16.4 Å². The lowest BCUT2D eigenvalue weighted by Gasteiger charge is -2.18. The Morgan fingerprint density at radius 2 is 1.79 bits per heavy atom. The zero-order chi connectivity index (χ0) is 14.6. The topological polar surface area (TPSA) is 67.2 Å². The molecular weight excluding hydrogens is 285 g/mol. The lowest BCUT2D eigenvalue weighted by atomic mass is 10.2. The summed E-state index contributed by atoms with van der Waals surface area (Å²) in [6.45, 7) is 6.45. The van der Waals surface area contributed by atoms with Crippen LogP contribution in [0.2, 0.25) is 10.0 Å². The maximum Gasteiger partial charge on any atom is 0.242 e. The van der Waals surface area contributed by atoms with E-state index < -0.39 is 6.04 Å². The first-order chi connectivity index (χ1) is 8.81. The van der Waals surface area contributed by atoms with Gasteiger partial charge in [-0.3, -0.25) is 4.79 Å². The van der Waals surface area contributed by atoms with Crippen LogP contribution in [0.25, 0.3) is 0 Å². The molecule has 4 nitrogen and oxygen atoms in total. The number of hydrogen-bond acceptors (Lipinski definition) is 3. The van der Waals surface area contributed by atoms with Gasteiger partial charge in [0, 0.05) is 12.2 Å². The number of amides is 1. The van der Waals surface area contributed by atoms with E-state index in [9.17, 15) is 4.79 Å². The Morgan fingerprint density at radius 3 is 2.26 bits per heavy atom. The molecule has 106 valence electrons. The fourth-order valence-electron chi connectivity index (χ4n) is 1.47. The molecule has 0 heterocycles. The number of benzene rings is 1. The molecule has 0 spiro atoms. The monoisotopic (exact) mass is 303 g/mol. The first-order valence-corrected chi connectivity index (χ1v) is 6.85. The number of nitrogens with one attached hydrogen (secondary N) is 2. The van der Waals surface area contributed by atoms with E-state index in [2.05, 4.69) is 10.6 Å². The van der Waals surface area contributed by atoms with Crippen molar-refractivity contribution in [3.63, 3.8) is 0 Å². The van der Waals surface area contributed by atoms with Crippen LogP contribution in [0.1, 0.15) is 20.8 Å². The lowest BCUT2D eigenvalue weighted by Crippen LogP contribution is -2.39. The van der Waals surface area contributed by atoms with Crippen LogP contribution in [0.15, 0.2) is 12.1 Å². The Labute approximate surface area is 123 Å². The smallest absolute Gasteiger partial charge is 0.242 e. The Bertz CT molecular complexity index is 440. The van der Waals surface area contributed by atoms with Gasteiger partial charge >= 0.3 is 0 Å². The van der Waals surface area contributed by atoms with Gasteiger partial charge in [0.1, 0.15) is 6.04 Å². The molecule has 1 atom stereocenters. The molecular formula is C13H19Cl2N3O. The van der Waals surface area contributed by atoms with Crippen molar-refractivity contribution < 1.29 is 4.79 Å². The third-order valence-corrected chi connectivity index (χ3v) is 3.10. The molecule has 0 aliphatic heterocycles. The standard InChI is InChI=1S/C13H19Cl2N3O/c1-7(2)6-17-13(19)8(3)18-12-10(14)4-9(16)5-11(12)15/h4-5,7-8,18H,6,16H2,1-3H3,(H,17,19). The summed E-state index contributed by atoms with van der Waals surface area (Å²) < 4.78 is 0. The van der Waals surface area contributed by atoms with E-state index in [1.54, 1.807) is 19.1 Å². The largest absolute Gasteiger partial charge is 0.399 e. The molecule has 1 rings (SSSR count). The minimum atomic E-state index is -0.433.